The van der Waals surface area contributed by atoms with E-state index in [1.54, 1.807) is 0 Å². The predicted molar refractivity (Wildman–Crippen MR) is 134 cm³/mol. The number of carboxylic acid groups (broad SMARTS) is 1. The summed E-state index contributed by atoms with van der Waals surface area (Å²) in [6, 6.07) is 13.6. The van der Waals surface area contributed by atoms with Crippen LogP contribution in [0.1, 0.15) is 74.8 Å². The van der Waals surface area contributed by atoms with E-state index in [4.69, 9.17) is 0 Å². The quantitative estimate of drug-likeness (QED) is 0.584. The van der Waals surface area contributed by atoms with Crippen LogP contribution in [0.5, 0.6) is 0 Å². The minimum absolute atomic E-state index is 0.0911. The second kappa shape index (κ2) is 8.16. The number of nitrogens with zero attached hydrogens (tertiary/aromatic N) is 2. The summed E-state index contributed by atoms with van der Waals surface area (Å²) in [6.07, 6.45) is 2.40. The molecular formula is C29H38N2O2. The summed E-state index contributed by atoms with van der Waals surface area (Å²) in [5, 5.41) is 10.5. The zero-order chi connectivity index (χ0) is 23.5. The average molecular weight is 447 g/mol. The van der Waals surface area contributed by atoms with E-state index in [1.807, 2.05) is 4.90 Å². The molecular weight excluding hydrogens is 408 g/mol. The fourth-order valence-corrected chi connectivity index (χ4v) is 6.77. The van der Waals surface area contributed by atoms with Crippen LogP contribution in [0.25, 0.3) is 11.1 Å². The van der Waals surface area contributed by atoms with Crippen molar-refractivity contribution in [2.24, 2.45) is 11.3 Å². The summed E-state index contributed by atoms with van der Waals surface area (Å²) in [4.78, 5) is 17.0. The van der Waals surface area contributed by atoms with Crippen molar-refractivity contribution in [2.75, 3.05) is 19.6 Å². The van der Waals surface area contributed by atoms with E-state index in [1.165, 1.54) is 33.4 Å². The standard InChI is InChI=1S/C29H38N2O2/c1-18(2)20-6-8-21(9-7-20)24-15-23-16-29(4,5)27(25(23)14-19(24)3)31(28(32)33)26-17-30-12-10-22(26)11-13-30/h6-9,14-15,18,22,26-27H,10-13,16-17H2,1-5H3,(H,32,33)/t26-,27+/m1/s1. The highest BCUT2D eigenvalue weighted by molar-refractivity contribution is 5.71. The van der Waals surface area contributed by atoms with Gasteiger partial charge in [-0.25, -0.2) is 4.79 Å². The first-order valence-corrected chi connectivity index (χ1v) is 12.6. The van der Waals surface area contributed by atoms with Crippen molar-refractivity contribution in [3.63, 3.8) is 0 Å². The first kappa shape index (κ1) is 22.5. The number of rotatable bonds is 4. The van der Waals surface area contributed by atoms with E-state index in [2.05, 4.69) is 75.9 Å². The van der Waals surface area contributed by atoms with Gasteiger partial charge in [-0.2, -0.15) is 0 Å². The molecule has 0 saturated carbocycles. The van der Waals surface area contributed by atoms with Crippen molar-refractivity contribution < 1.29 is 9.90 Å². The molecule has 2 bridgehead atoms. The van der Waals surface area contributed by atoms with Gasteiger partial charge in [0.2, 0.25) is 0 Å². The van der Waals surface area contributed by atoms with Gasteiger partial charge in [0.1, 0.15) is 0 Å². The molecule has 2 atom stereocenters. The topological polar surface area (TPSA) is 43.8 Å². The Labute approximate surface area is 198 Å². The van der Waals surface area contributed by atoms with Crippen LogP contribution in [-0.4, -0.2) is 46.7 Å². The Morgan fingerprint density at radius 2 is 1.79 bits per heavy atom. The molecule has 4 nitrogen and oxygen atoms in total. The maximum Gasteiger partial charge on any atom is 0.408 e. The first-order valence-electron chi connectivity index (χ1n) is 12.6. The molecule has 3 saturated heterocycles. The Kier molecular flexibility index (Phi) is 5.55. The Morgan fingerprint density at radius 3 is 2.33 bits per heavy atom. The summed E-state index contributed by atoms with van der Waals surface area (Å²) in [6.45, 7) is 14.3. The molecule has 4 aliphatic rings. The highest BCUT2D eigenvalue weighted by Gasteiger charge is 2.50. The summed E-state index contributed by atoms with van der Waals surface area (Å²) in [7, 11) is 0. The van der Waals surface area contributed by atoms with Gasteiger partial charge in [-0.15, -0.1) is 0 Å². The second-order valence-electron chi connectivity index (χ2n) is 11.6. The van der Waals surface area contributed by atoms with Crippen molar-refractivity contribution in [3.8, 4) is 11.1 Å². The number of amides is 1. The maximum atomic E-state index is 12.7. The fraction of sp³-hybridized carbons (Fsp3) is 0.552. The van der Waals surface area contributed by atoms with E-state index in [9.17, 15) is 9.90 Å². The van der Waals surface area contributed by atoms with Gasteiger partial charge in [0.25, 0.3) is 0 Å². The molecule has 3 heterocycles. The fourth-order valence-electron chi connectivity index (χ4n) is 6.77. The Morgan fingerprint density at radius 1 is 1.12 bits per heavy atom. The van der Waals surface area contributed by atoms with Gasteiger partial charge in [0, 0.05) is 6.54 Å². The van der Waals surface area contributed by atoms with E-state index in [-0.39, 0.29) is 17.5 Å². The molecule has 0 spiro atoms. The summed E-state index contributed by atoms with van der Waals surface area (Å²) in [5.41, 5.74) is 7.50. The number of hydrogen-bond donors (Lipinski definition) is 1. The molecule has 4 heteroatoms. The Balaban J connectivity index is 1.53. The van der Waals surface area contributed by atoms with Crippen molar-refractivity contribution >= 4 is 6.09 Å². The van der Waals surface area contributed by atoms with Crippen LogP contribution in [0.4, 0.5) is 4.79 Å². The lowest BCUT2D eigenvalue weighted by Gasteiger charge is -2.51. The molecule has 6 rings (SSSR count). The van der Waals surface area contributed by atoms with Crippen LogP contribution in [0.15, 0.2) is 36.4 Å². The molecule has 1 aliphatic carbocycles. The van der Waals surface area contributed by atoms with Crippen LogP contribution in [0, 0.1) is 18.3 Å². The number of benzene rings is 2. The normalized spacial score (nSPS) is 27.6. The van der Waals surface area contributed by atoms with Crippen molar-refractivity contribution in [1.82, 2.24) is 9.80 Å². The van der Waals surface area contributed by atoms with Crippen LogP contribution < -0.4 is 0 Å². The molecule has 0 aromatic heterocycles. The smallest absolute Gasteiger partial charge is 0.408 e. The van der Waals surface area contributed by atoms with E-state index in [0.29, 0.717) is 11.8 Å². The number of aryl methyl sites for hydroxylation is 1. The lowest BCUT2D eigenvalue weighted by molar-refractivity contribution is -0.0267. The molecule has 33 heavy (non-hydrogen) atoms. The SMILES string of the molecule is Cc1cc2c(cc1-c1ccc(C(C)C)cc1)CC(C)(C)[C@H]2N(C(=O)O)[C@@H]1CN2CCC1CC2. The largest absolute Gasteiger partial charge is 0.465 e. The molecule has 1 N–H and O–H groups in total. The minimum Gasteiger partial charge on any atom is -0.465 e. The van der Waals surface area contributed by atoms with Crippen LogP contribution >= 0.6 is 0 Å². The van der Waals surface area contributed by atoms with Gasteiger partial charge < -0.3 is 10.0 Å². The third kappa shape index (κ3) is 3.86. The van der Waals surface area contributed by atoms with E-state index in [0.717, 1.165) is 38.9 Å². The average Bonchev–Trinajstić information content (AvgIpc) is 3.03. The molecule has 176 valence electrons. The monoisotopic (exact) mass is 446 g/mol. The van der Waals surface area contributed by atoms with Gasteiger partial charge in [0.15, 0.2) is 0 Å². The van der Waals surface area contributed by atoms with E-state index < -0.39 is 6.09 Å². The molecule has 3 fully saturated rings. The summed E-state index contributed by atoms with van der Waals surface area (Å²) < 4.78 is 0. The molecule has 1 amide bonds. The minimum atomic E-state index is -0.759. The van der Waals surface area contributed by atoms with Crippen LogP contribution in [-0.2, 0) is 6.42 Å². The number of hydrogen-bond acceptors (Lipinski definition) is 2. The highest BCUT2D eigenvalue weighted by atomic mass is 16.4. The van der Waals surface area contributed by atoms with Gasteiger partial charge >= 0.3 is 6.09 Å². The van der Waals surface area contributed by atoms with Crippen LogP contribution in [0.3, 0.4) is 0 Å². The molecule has 2 aromatic rings. The third-order valence-electron chi connectivity index (χ3n) is 8.53. The van der Waals surface area contributed by atoms with E-state index >= 15 is 0 Å². The number of piperidine rings is 3. The van der Waals surface area contributed by atoms with Gasteiger partial charge in [-0.3, -0.25) is 4.90 Å². The van der Waals surface area contributed by atoms with Crippen molar-refractivity contribution in [2.45, 2.75) is 71.9 Å². The molecule has 0 unspecified atom stereocenters. The Bertz CT molecular complexity index is 1050. The van der Waals surface area contributed by atoms with Gasteiger partial charge in [-0.1, -0.05) is 64.1 Å². The van der Waals surface area contributed by atoms with Crippen molar-refractivity contribution in [3.05, 3.63) is 58.7 Å². The third-order valence-corrected chi connectivity index (χ3v) is 8.53. The number of fused-ring (bicyclic) bond motifs is 4. The van der Waals surface area contributed by atoms with Gasteiger partial charge in [0.05, 0.1) is 12.1 Å². The summed E-state index contributed by atoms with van der Waals surface area (Å²) >= 11 is 0. The van der Waals surface area contributed by atoms with Gasteiger partial charge in [-0.05, 0) is 89.9 Å². The lowest BCUT2D eigenvalue weighted by Crippen LogP contribution is -2.60. The maximum absolute atomic E-state index is 12.7. The zero-order valence-corrected chi connectivity index (χ0v) is 20.8. The Hall–Kier alpha value is -2.33. The van der Waals surface area contributed by atoms with Crippen LogP contribution in [0.2, 0.25) is 0 Å². The molecule has 2 aromatic carbocycles. The zero-order valence-electron chi connectivity index (χ0n) is 20.8. The van der Waals surface area contributed by atoms with Crippen molar-refractivity contribution in [1.29, 1.82) is 0 Å². The molecule has 0 radical (unpaired) electrons. The first-order chi connectivity index (χ1) is 15.7. The lowest BCUT2D eigenvalue weighted by atomic mass is 9.79. The molecule has 3 aliphatic heterocycles. The number of carbonyl (C=O) groups is 1. The summed E-state index contributed by atoms with van der Waals surface area (Å²) in [5.74, 6) is 1.01. The predicted octanol–water partition coefficient (Wildman–Crippen LogP) is 6.48. The second-order valence-corrected chi connectivity index (χ2v) is 11.6. The highest BCUT2D eigenvalue weighted by Crippen LogP contribution is 2.52.